The molecule has 1 aliphatic rings. The van der Waals surface area contributed by atoms with Crippen LogP contribution in [0.15, 0.2) is 18.2 Å². The van der Waals surface area contributed by atoms with Crippen molar-refractivity contribution in [2.45, 2.75) is 37.4 Å². The summed E-state index contributed by atoms with van der Waals surface area (Å²) in [6.45, 7) is 1.55. The quantitative estimate of drug-likeness (QED) is 0.889. The highest BCUT2D eigenvalue weighted by Gasteiger charge is 2.53. The molecule has 0 saturated heterocycles. The lowest BCUT2D eigenvalue weighted by molar-refractivity contribution is -0.140. The van der Waals surface area contributed by atoms with Gasteiger partial charge in [0, 0.05) is 5.41 Å². The van der Waals surface area contributed by atoms with Crippen molar-refractivity contribution in [1.29, 1.82) is 0 Å². The molecule has 1 fully saturated rings. The third-order valence-electron chi connectivity index (χ3n) is 3.74. The molecule has 19 heavy (non-hydrogen) atoms. The lowest BCUT2D eigenvalue weighted by atomic mass is 9.85. The Morgan fingerprint density at radius 1 is 1.42 bits per heavy atom. The molecule has 1 aromatic carbocycles. The molecule has 104 valence electrons. The SMILES string of the molecule is Cc1cc(C(F)(F)F)ccc1C1(C(N)C(=O)O)CC1. The van der Waals surface area contributed by atoms with Gasteiger partial charge in [0.25, 0.3) is 0 Å². The monoisotopic (exact) mass is 273 g/mol. The standard InChI is InChI=1S/C13H14F3NO2/c1-7-6-8(13(14,15)16)2-3-9(7)12(4-5-12)10(17)11(18)19/h2-3,6,10H,4-5,17H2,1H3,(H,18,19). The summed E-state index contributed by atoms with van der Waals surface area (Å²) in [5, 5.41) is 8.99. The fourth-order valence-corrected chi connectivity index (χ4v) is 2.52. The Kier molecular flexibility index (Phi) is 3.09. The van der Waals surface area contributed by atoms with Gasteiger partial charge in [-0.2, -0.15) is 13.2 Å². The van der Waals surface area contributed by atoms with E-state index >= 15 is 0 Å². The molecule has 2 rings (SSSR count). The molecule has 0 radical (unpaired) electrons. The highest BCUT2D eigenvalue weighted by atomic mass is 19.4. The molecule has 3 N–H and O–H groups in total. The Bertz CT molecular complexity index is 521. The Morgan fingerprint density at radius 2 is 2.00 bits per heavy atom. The van der Waals surface area contributed by atoms with Crippen LogP contribution in [0.1, 0.15) is 29.5 Å². The minimum absolute atomic E-state index is 0.434. The molecule has 1 aliphatic carbocycles. The first-order valence-corrected chi connectivity index (χ1v) is 5.85. The molecule has 1 saturated carbocycles. The van der Waals surface area contributed by atoms with Crippen LogP contribution in [0.25, 0.3) is 0 Å². The highest BCUT2D eigenvalue weighted by Crippen LogP contribution is 2.52. The third-order valence-corrected chi connectivity index (χ3v) is 3.74. The summed E-state index contributed by atoms with van der Waals surface area (Å²) >= 11 is 0. The van der Waals surface area contributed by atoms with Crippen LogP contribution >= 0.6 is 0 Å². The maximum Gasteiger partial charge on any atom is 0.416 e. The largest absolute Gasteiger partial charge is 0.480 e. The van der Waals surface area contributed by atoms with E-state index in [0.29, 0.717) is 24.0 Å². The summed E-state index contributed by atoms with van der Waals surface area (Å²) in [4.78, 5) is 11.0. The van der Waals surface area contributed by atoms with Gasteiger partial charge in [-0.05, 0) is 43.0 Å². The van der Waals surface area contributed by atoms with Crippen LogP contribution in [0.3, 0.4) is 0 Å². The van der Waals surface area contributed by atoms with E-state index < -0.39 is 29.2 Å². The maximum absolute atomic E-state index is 12.6. The molecular weight excluding hydrogens is 259 g/mol. The van der Waals surface area contributed by atoms with E-state index in [-0.39, 0.29) is 0 Å². The van der Waals surface area contributed by atoms with Gasteiger partial charge in [-0.1, -0.05) is 6.07 Å². The molecule has 1 unspecified atom stereocenters. The summed E-state index contributed by atoms with van der Waals surface area (Å²) in [7, 11) is 0. The number of hydrogen-bond donors (Lipinski definition) is 2. The molecule has 1 atom stereocenters. The molecule has 0 heterocycles. The normalized spacial score (nSPS) is 19.0. The molecule has 0 aliphatic heterocycles. The van der Waals surface area contributed by atoms with Gasteiger partial charge in [-0.25, -0.2) is 0 Å². The van der Waals surface area contributed by atoms with E-state index in [2.05, 4.69) is 0 Å². The van der Waals surface area contributed by atoms with Gasteiger partial charge in [-0.15, -0.1) is 0 Å². The Morgan fingerprint density at radius 3 is 2.37 bits per heavy atom. The fraction of sp³-hybridized carbons (Fsp3) is 0.462. The number of hydrogen-bond acceptors (Lipinski definition) is 2. The summed E-state index contributed by atoms with van der Waals surface area (Å²) in [5.41, 5.74) is 5.26. The second-order valence-corrected chi connectivity index (χ2v) is 5.00. The second kappa shape index (κ2) is 4.23. The van der Waals surface area contributed by atoms with Gasteiger partial charge in [0.05, 0.1) is 5.56 Å². The molecule has 0 bridgehead atoms. The Hall–Kier alpha value is -1.56. The average Bonchev–Trinajstić information content (AvgIpc) is 3.07. The molecule has 0 amide bonds. The van der Waals surface area contributed by atoms with E-state index in [1.165, 1.54) is 6.07 Å². The Labute approximate surface area is 108 Å². The number of nitrogens with two attached hydrogens (primary N) is 1. The van der Waals surface area contributed by atoms with Gasteiger partial charge in [-0.3, -0.25) is 4.79 Å². The predicted octanol–water partition coefficient (Wildman–Crippen LogP) is 2.46. The molecule has 0 spiro atoms. The van der Waals surface area contributed by atoms with Crippen molar-refractivity contribution in [3.05, 3.63) is 34.9 Å². The zero-order chi connectivity index (χ0) is 14.4. The molecule has 0 aromatic heterocycles. The average molecular weight is 273 g/mol. The van der Waals surface area contributed by atoms with Crippen LogP contribution in [0.4, 0.5) is 13.2 Å². The first-order chi connectivity index (χ1) is 8.68. The van der Waals surface area contributed by atoms with E-state index in [4.69, 9.17) is 10.8 Å². The van der Waals surface area contributed by atoms with Gasteiger partial charge < -0.3 is 10.8 Å². The van der Waals surface area contributed by atoms with Crippen molar-refractivity contribution >= 4 is 5.97 Å². The van der Waals surface area contributed by atoms with Crippen LogP contribution in [0.2, 0.25) is 0 Å². The summed E-state index contributed by atoms with van der Waals surface area (Å²) in [5.74, 6) is -1.13. The molecule has 6 heteroatoms. The minimum atomic E-state index is -4.39. The predicted molar refractivity (Wildman–Crippen MR) is 62.7 cm³/mol. The first kappa shape index (κ1) is 13.9. The first-order valence-electron chi connectivity index (χ1n) is 5.85. The lowest BCUT2D eigenvalue weighted by Gasteiger charge is -2.23. The van der Waals surface area contributed by atoms with Gasteiger partial charge in [0.15, 0.2) is 0 Å². The Balaban J connectivity index is 2.40. The zero-order valence-electron chi connectivity index (χ0n) is 10.3. The van der Waals surface area contributed by atoms with E-state index in [1.54, 1.807) is 6.92 Å². The number of halogens is 3. The van der Waals surface area contributed by atoms with Gasteiger partial charge >= 0.3 is 12.1 Å². The number of carboxylic acid groups (broad SMARTS) is 1. The van der Waals surface area contributed by atoms with E-state index in [0.717, 1.165) is 12.1 Å². The topological polar surface area (TPSA) is 63.3 Å². The van der Waals surface area contributed by atoms with Crippen molar-refractivity contribution < 1.29 is 23.1 Å². The number of carboxylic acids is 1. The zero-order valence-corrected chi connectivity index (χ0v) is 10.3. The molecule has 3 nitrogen and oxygen atoms in total. The van der Waals surface area contributed by atoms with Crippen LogP contribution in [-0.4, -0.2) is 17.1 Å². The smallest absolute Gasteiger partial charge is 0.416 e. The number of rotatable bonds is 3. The van der Waals surface area contributed by atoms with E-state index in [9.17, 15) is 18.0 Å². The van der Waals surface area contributed by atoms with E-state index in [1.807, 2.05) is 0 Å². The molecule has 1 aromatic rings. The summed E-state index contributed by atoms with van der Waals surface area (Å²) < 4.78 is 37.7. The van der Waals surface area contributed by atoms with Crippen molar-refractivity contribution in [2.75, 3.05) is 0 Å². The van der Waals surface area contributed by atoms with Gasteiger partial charge in [0.1, 0.15) is 6.04 Å². The third kappa shape index (κ3) is 2.32. The lowest BCUT2D eigenvalue weighted by Crippen LogP contribution is -2.42. The van der Waals surface area contributed by atoms with Crippen LogP contribution in [0, 0.1) is 6.92 Å². The van der Waals surface area contributed by atoms with Crippen molar-refractivity contribution in [2.24, 2.45) is 5.73 Å². The number of aryl methyl sites for hydroxylation is 1. The van der Waals surface area contributed by atoms with Crippen molar-refractivity contribution in [3.8, 4) is 0 Å². The van der Waals surface area contributed by atoms with Crippen LogP contribution in [0.5, 0.6) is 0 Å². The second-order valence-electron chi connectivity index (χ2n) is 5.00. The van der Waals surface area contributed by atoms with Crippen molar-refractivity contribution in [1.82, 2.24) is 0 Å². The number of aliphatic carboxylic acids is 1. The maximum atomic E-state index is 12.6. The number of alkyl halides is 3. The highest BCUT2D eigenvalue weighted by molar-refractivity contribution is 5.77. The number of carbonyl (C=O) groups is 1. The fourth-order valence-electron chi connectivity index (χ4n) is 2.52. The minimum Gasteiger partial charge on any atom is -0.480 e. The van der Waals surface area contributed by atoms with Crippen molar-refractivity contribution in [3.63, 3.8) is 0 Å². The summed E-state index contributed by atoms with van der Waals surface area (Å²) in [6.07, 6.45) is -3.21. The van der Waals surface area contributed by atoms with Gasteiger partial charge in [0.2, 0.25) is 0 Å². The van der Waals surface area contributed by atoms with Crippen LogP contribution in [-0.2, 0) is 16.4 Å². The molecular formula is C13H14F3NO2. The van der Waals surface area contributed by atoms with Crippen LogP contribution < -0.4 is 5.73 Å². The number of benzene rings is 1. The summed E-state index contributed by atoms with van der Waals surface area (Å²) in [6, 6.07) is 2.30.